The largest absolute Gasteiger partial charge is 0.311 e. The van der Waals surface area contributed by atoms with Gasteiger partial charge in [-0.3, -0.25) is 14.9 Å². The highest BCUT2D eigenvalue weighted by molar-refractivity contribution is 6.05. The molecule has 1 amide bonds. The van der Waals surface area contributed by atoms with Crippen LogP contribution >= 0.6 is 0 Å². The minimum Gasteiger partial charge on any atom is -0.311 e. The lowest BCUT2D eigenvalue weighted by Gasteiger charge is -2.17. The van der Waals surface area contributed by atoms with Crippen molar-refractivity contribution in [1.29, 1.82) is 0 Å². The van der Waals surface area contributed by atoms with E-state index in [2.05, 4.69) is 5.10 Å². The second kappa shape index (κ2) is 6.79. The number of hydrogen-bond donors (Lipinski definition) is 0. The quantitative estimate of drug-likeness (QED) is 0.531. The number of aromatic nitrogens is 2. The number of anilines is 1. The van der Waals surface area contributed by atoms with Crippen molar-refractivity contribution in [2.24, 2.45) is 0 Å². The number of nitro benzene ring substituents is 1. The van der Waals surface area contributed by atoms with Crippen molar-refractivity contribution >= 4 is 17.3 Å². The lowest BCUT2D eigenvalue weighted by molar-refractivity contribution is -0.384. The number of non-ortho nitro benzene ring substituents is 1. The van der Waals surface area contributed by atoms with Crippen LogP contribution in [0.1, 0.15) is 21.7 Å². The van der Waals surface area contributed by atoms with E-state index in [0.717, 1.165) is 17.1 Å². The zero-order chi connectivity index (χ0) is 18.8. The van der Waals surface area contributed by atoms with Gasteiger partial charge in [0.25, 0.3) is 11.6 Å². The molecule has 0 N–H and O–H groups in total. The zero-order valence-electron chi connectivity index (χ0n) is 14.7. The molecular weight excluding hydrogens is 332 g/mol. The summed E-state index contributed by atoms with van der Waals surface area (Å²) in [4.78, 5) is 24.4. The van der Waals surface area contributed by atoms with Crippen LogP contribution < -0.4 is 4.90 Å². The lowest BCUT2D eigenvalue weighted by Crippen LogP contribution is -2.26. The predicted molar refractivity (Wildman–Crippen MR) is 98.9 cm³/mol. The molecule has 0 unspecified atom stereocenters. The molecule has 132 valence electrons. The Bertz CT molecular complexity index is 959. The molecule has 0 aliphatic rings. The topological polar surface area (TPSA) is 81.3 Å². The van der Waals surface area contributed by atoms with Gasteiger partial charge in [-0.2, -0.15) is 5.10 Å². The van der Waals surface area contributed by atoms with Crippen LogP contribution in [0.25, 0.3) is 5.69 Å². The Balaban J connectivity index is 1.81. The van der Waals surface area contributed by atoms with Crippen molar-refractivity contribution in [3.8, 4) is 5.69 Å². The molecule has 0 radical (unpaired) electrons. The SMILES string of the molecule is Cc1cc(C)n(-c2ccc(C(=O)N(C)c3ccc([N+](=O)[O-])cc3)cc2)n1. The van der Waals surface area contributed by atoms with Gasteiger partial charge >= 0.3 is 0 Å². The lowest BCUT2D eigenvalue weighted by atomic mass is 10.1. The van der Waals surface area contributed by atoms with Crippen LogP contribution in [0, 0.1) is 24.0 Å². The second-order valence-corrected chi connectivity index (χ2v) is 6.02. The summed E-state index contributed by atoms with van der Waals surface area (Å²) in [6.07, 6.45) is 0. The monoisotopic (exact) mass is 350 g/mol. The summed E-state index contributed by atoms with van der Waals surface area (Å²) < 4.78 is 1.82. The average Bonchev–Trinajstić information content (AvgIpc) is 2.99. The smallest absolute Gasteiger partial charge is 0.269 e. The highest BCUT2D eigenvalue weighted by Crippen LogP contribution is 2.21. The summed E-state index contributed by atoms with van der Waals surface area (Å²) in [7, 11) is 1.64. The van der Waals surface area contributed by atoms with E-state index in [1.807, 2.05) is 36.7 Å². The van der Waals surface area contributed by atoms with Gasteiger partial charge in [0.1, 0.15) is 0 Å². The van der Waals surface area contributed by atoms with Crippen LogP contribution in [0.5, 0.6) is 0 Å². The first-order valence-electron chi connectivity index (χ1n) is 8.03. The van der Waals surface area contributed by atoms with E-state index in [1.165, 1.54) is 17.0 Å². The molecule has 0 spiro atoms. The molecule has 2 aromatic carbocycles. The van der Waals surface area contributed by atoms with E-state index in [0.29, 0.717) is 11.3 Å². The first-order chi connectivity index (χ1) is 12.4. The third-order valence-electron chi connectivity index (χ3n) is 4.12. The number of aryl methyl sites for hydroxylation is 2. The molecule has 1 heterocycles. The molecule has 0 bridgehead atoms. The Hall–Kier alpha value is -3.48. The summed E-state index contributed by atoms with van der Waals surface area (Å²) in [6, 6.07) is 15.0. The number of benzene rings is 2. The van der Waals surface area contributed by atoms with E-state index in [4.69, 9.17) is 0 Å². The van der Waals surface area contributed by atoms with Crippen molar-refractivity contribution in [2.75, 3.05) is 11.9 Å². The zero-order valence-corrected chi connectivity index (χ0v) is 14.7. The van der Waals surface area contributed by atoms with Gasteiger partial charge in [0.05, 0.1) is 16.3 Å². The van der Waals surface area contributed by atoms with E-state index in [-0.39, 0.29) is 11.6 Å². The highest BCUT2D eigenvalue weighted by atomic mass is 16.6. The van der Waals surface area contributed by atoms with Gasteiger partial charge in [-0.05, 0) is 56.3 Å². The minimum absolute atomic E-state index is 0.0103. The average molecular weight is 350 g/mol. The first kappa shape index (κ1) is 17.3. The number of hydrogen-bond acceptors (Lipinski definition) is 4. The molecule has 0 atom stereocenters. The van der Waals surface area contributed by atoms with Crippen molar-refractivity contribution in [1.82, 2.24) is 9.78 Å². The molecule has 3 rings (SSSR count). The number of nitro groups is 1. The molecule has 0 aliphatic heterocycles. The molecule has 26 heavy (non-hydrogen) atoms. The number of nitrogens with zero attached hydrogens (tertiary/aromatic N) is 4. The molecule has 7 heteroatoms. The van der Waals surface area contributed by atoms with Crippen LogP contribution in [0.2, 0.25) is 0 Å². The van der Waals surface area contributed by atoms with Crippen LogP contribution in [0.15, 0.2) is 54.6 Å². The highest BCUT2D eigenvalue weighted by Gasteiger charge is 2.15. The molecule has 7 nitrogen and oxygen atoms in total. The molecule has 0 saturated carbocycles. The van der Waals surface area contributed by atoms with Crippen LogP contribution in [0.3, 0.4) is 0 Å². The Morgan fingerprint density at radius 2 is 1.69 bits per heavy atom. The molecule has 0 saturated heterocycles. The molecule has 1 aromatic heterocycles. The van der Waals surface area contributed by atoms with Crippen molar-refractivity contribution in [3.63, 3.8) is 0 Å². The number of carbonyl (C=O) groups excluding carboxylic acids is 1. The van der Waals surface area contributed by atoms with Gasteiger partial charge in [0, 0.05) is 36.1 Å². The van der Waals surface area contributed by atoms with Gasteiger partial charge in [-0.15, -0.1) is 0 Å². The molecule has 3 aromatic rings. The number of carbonyl (C=O) groups is 1. The first-order valence-corrected chi connectivity index (χ1v) is 8.03. The molecule has 0 fully saturated rings. The summed E-state index contributed by atoms with van der Waals surface area (Å²) in [6.45, 7) is 3.90. The fraction of sp³-hybridized carbons (Fsp3) is 0.158. The standard InChI is InChI=1S/C19H18N4O3/c1-13-12-14(2)22(20-13)17-6-4-15(5-7-17)19(24)21(3)16-8-10-18(11-9-16)23(25)26/h4-12H,1-3H3. The van der Waals surface area contributed by atoms with E-state index in [1.54, 1.807) is 31.3 Å². The van der Waals surface area contributed by atoms with Gasteiger partial charge < -0.3 is 4.90 Å². The maximum atomic E-state index is 12.7. The van der Waals surface area contributed by atoms with Gasteiger partial charge in [0.15, 0.2) is 0 Å². The Labute approximate surface area is 150 Å². The number of rotatable bonds is 4. The normalized spacial score (nSPS) is 10.6. The minimum atomic E-state index is -0.469. The van der Waals surface area contributed by atoms with Crippen molar-refractivity contribution in [2.45, 2.75) is 13.8 Å². The fourth-order valence-corrected chi connectivity index (χ4v) is 2.74. The van der Waals surface area contributed by atoms with E-state index < -0.39 is 4.92 Å². The number of amides is 1. The summed E-state index contributed by atoms with van der Waals surface area (Å²) in [5.41, 5.74) is 3.93. The molecule has 0 aliphatic carbocycles. The Morgan fingerprint density at radius 3 is 2.19 bits per heavy atom. The van der Waals surface area contributed by atoms with Gasteiger partial charge in [-0.25, -0.2) is 4.68 Å². The van der Waals surface area contributed by atoms with Gasteiger partial charge in [0.2, 0.25) is 0 Å². The Kier molecular flexibility index (Phi) is 4.53. The molecular formula is C19H18N4O3. The third kappa shape index (κ3) is 3.32. The fourth-order valence-electron chi connectivity index (χ4n) is 2.74. The van der Waals surface area contributed by atoms with Crippen LogP contribution in [-0.2, 0) is 0 Å². The Morgan fingerprint density at radius 1 is 1.08 bits per heavy atom. The maximum Gasteiger partial charge on any atom is 0.269 e. The van der Waals surface area contributed by atoms with Crippen molar-refractivity contribution < 1.29 is 9.72 Å². The van der Waals surface area contributed by atoms with Crippen LogP contribution in [0.4, 0.5) is 11.4 Å². The van der Waals surface area contributed by atoms with Gasteiger partial charge in [-0.1, -0.05) is 0 Å². The summed E-state index contributed by atoms with van der Waals surface area (Å²) in [5, 5.41) is 15.2. The van der Waals surface area contributed by atoms with Crippen molar-refractivity contribution in [3.05, 3.63) is 81.7 Å². The van der Waals surface area contributed by atoms with Crippen LogP contribution in [-0.4, -0.2) is 27.7 Å². The van der Waals surface area contributed by atoms with E-state index >= 15 is 0 Å². The summed E-state index contributed by atoms with van der Waals surface area (Å²) in [5.74, 6) is -0.196. The third-order valence-corrected chi connectivity index (χ3v) is 4.12. The maximum absolute atomic E-state index is 12.7. The second-order valence-electron chi connectivity index (χ2n) is 6.02. The predicted octanol–water partition coefficient (Wildman–Crippen LogP) is 3.67. The van der Waals surface area contributed by atoms with E-state index in [9.17, 15) is 14.9 Å². The summed E-state index contributed by atoms with van der Waals surface area (Å²) >= 11 is 0.